The van der Waals surface area contributed by atoms with Crippen molar-refractivity contribution >= 4 is 6.03 Å². The second-order valence-corrected chi connectivity index (χ2v) is 3.57. The largest absolute Gasteiger partial charge is 0.341 e. The standard InChI is InChI=1S/C8H15N3O/c1-9-8(12)11-4-6-2-3-10-7(6)5-11/h6-7,10H,2-5H2,1H3,(H,9,12)/t6-,7+/m0/s1. The fourth-order valence-electron chi connectivity index (χ4n) is 2.17. The van der Waals surface area contributed by atoms with Crippen LogP contribution in [0.5, 0.6) is 0 Å². The summed E-state index contributed by atoms with van der Waals surface area (Å²) in [6.45, 7) is 2.93. The Hall–Kier alpha value is -0.770. The van der Waals surface area contributed by atoms with Crippen molar-refractivity contribution in [2.45, 2.75) is 12.5 Å². The van der Waals surface area contributed by atoms with Gasteiger partial charge in [-0.15, -0.1) is 0 Å². The van der Waals surface area contributed by atoms with Crippen LogP contribution in [0, 0.1) is 5.92 Å². The number of carbonyl (C=O) groups is 1. The smallest absolute Gasteiger partial charge is 0.317 e. The van der Waals surface area contributed by atoms with Gasteiger partial charge in [0.25, 0.3) is 0 Å². The van der Waals surface area contributed by atoms with Crippen molar-refractivity contribution < 1.29 is 4.79 Å². The van der Waals surface area contributed by atoms with Gasteiger partial charge in [-0.3, -0.25) is 0 Å². The molecule has 0 spiro atoms. The third-order valence-corrected chi connectivity index (χ3v) is 2.86. The Morgan fingerprint density at radius 2 is 2.42 bits per heavy atom. The van der Waals surface area contributed by atoms with Gasteiger partial charge in [0.1, 0.15) is 0 Å². The molecule has 0 unspecified atom stereocenters. The lowest BCUT2D eigenvalue weighted by Crippen LogP contribution is -2.39. The molecule has 0 aliphatic carbocycles. The maximum absolute atomic E-state index is 11.2. The number of hydrogen-bond acceptors (Lipinski definition) is 2. The molecule has 2 saturated heterocycles. The van der Waals surface area contributed by atoms with Gasteiger partial charge in [-0.1, -0.05) is 0 Å². The number of amides is 2. The first-order chi connectivity index (χ1) is 5.81. The Labute approximate surface area is 72.3 Å². The zero-order valence-electron chi connectivity index (χ0n) is 7.34. The molecule has 68 valence electrons. The Kier molecular flexibility index (Phi) is 1.92. The van der Waals surface area contributed by atoms with Gasteiger partial charge in [-0.2, -0.15) is 0 Å². The summed E-state index contributed by atoms with van der Waals surface area (Å²) < 4.78 is 0. The molecule has 2 fully saturated rings. The minimum atomic E-state index is 0.0613. The summed E-state index contributed by atoms with van der Waals surface area (Å²) in [6, 6.07) is 0.619. The number of rotatable bonds is 0. The highest BCUT2D eigenvalue weighted by atomic mass is 16.2. The molecule has 0 aromatic rings. The van der Waals surface area contributed by atoms with Crippen LogP contribution < -0.4 is 10.6 Å². The molecule has 2 heterocycles. The maximum Gasteiger partial charge on any atom is 0.317 e. The first-order valence-corrected chi connectivity index (χ1v) is 4.51. The number of carbonyl (C=O) groups excluding carboxylic acids is 1. The molecule has 2 aliphatic heterocycles. The van der Waals surface area contributed by atoms with E-state index in [0.29, 0.717) is 12.0 Å². The topological polar surface area (TPSA) is 44.4 Å². The molecular formula is C8H15N3O. The van der Waals surface area contributed by atoms with Crippen molar-refractivity contribution in [3.63, 3.8) is 0 Å². The summed E-state index contributed by atoms with van der Waals surface area (Å²) in [6.07, 6.45) is 1.22. The van der Waals surface area contributed by atoms with Crippen LogP contribution in [0.2, 0.25) is 0 Å². The van der Waals surface area contributed by atoms with Gasteiger partial charge >= 0.3 is 6.03 Å². The van der Waals surface area contributed by atoms with Crippen LogP contribution in [0.15, 0.2) is 0 Å². The summed E-state index contributed by atoms with van der Waals surface area (Å²) >= 11 is 0. The molecule has 4 nitrogen and oxygen atoms in total. The van der Waals surface area contributed by atoms with Crippen LogP contribution in [0.3, 0.4) is 0 Å². The number of nitrogens with one attached hydrogen (secondary N) is 2. The first kappa shape index (κ1) is 7.86. The van der Waals surface area contributed by atoms with Crippen molar-refractivity contribution in [3.05, 3.63) is 0 Å². The van der Waals surface area contributed by atoms with E-state index in [2.05, 4.69) is 10.6 Å². The summed E-state index contributed by atoms with van der Waals surface area (Å²) in [7, 11) is 1.68. The van der Waals surface area contributed by atoms with Crippen molar-refractivity contribution in [1.82, 2.24) is 15.5 Å². The van der Waals surface area contributed by atoms with E-state index in [-0.39, 0.29) is 6.03 Å². The van der Waals surface area contributed by atoms with Gasteiger partial charge < -0.3 is 15.5 Å². The average Bonchev–Trinajstić information content (AvgIpc) is 2.60. The number of hydrogen-bond donors (Lipinski definition) is 2. The molecule has 0 bridgehead atoms. The van der Waals surface area contributed by atoms with Crippen molar-refractivity contribution in [3.8, 4) is 0 Å². The van der Waals surface area contributed by atoms with Gasteiger partial charge in [0.05, 0.1) is 0 Å². The highest BCUT2D eigenvalue weighted by Gasteiger charge is 2.37. The Bertz CT molecular complexity index is 183. The fraction of sp³-hybridized carbons (Fsp3) is 0.875. The minimum Gasteiger partial charge on any atom is -0.341 e. The van der Waals surface area contributed by atoms with E-state index >= 15 is 0 Å². The molecular weight excluding hydrogens is 154 g/mol. The van der Waals surface area contributed by atoms with Crippen LogP contribution >= 0.6 is 0 Å². The zero-order chi connectivity index (χ0) is 8.55. The molecule has 2 N–H and O–H groups in total. The van der Waals surface area contributed by atoms with E-state index < -0.39 is 0 Å². The molecule has 2 rings (SSSR count). The molecule has 2 aliphatic rings. The first-order valence-electron chi connectivity index (χ1n) is 4.51. The van der Waals surface area contributed by atoms with Gasteiger partial charge in [-0.05, 0) is 18.9 Å². The third kappa shape index (κ3) is 1.16. The lowest BCUT2D eigenvalue weighted by Gasteiger charge is -2.15. The van der Waals surface area contributed by atoms with E-state index in [1.165, 1.54) is 6.42 Å². The predicted octanol–water partition coefficient (Wildman–Crippen LogP) is -0.380. The van der Waals surface area contributed by atoms with Crippen molar-refractivity contribution in [2.75, 3.05) is 26.7 Å². The quantitative estimate of drug-likeness (QED) is 0.519. The molecule has 0 radical (unpaired) electrons. The van der Waals surface area contributed by atoms with E-state index in [0.717, 1.165) is 19.6 Å². The molecule has 2 amide bonds. The van der Waals surface area contributed by atoms with E-state index in [1.807, 2.05) is 4.90 Å². The number of fused-ring (bicyclic) bond motifs is 1. The number of urea groups is 1. The fourth-order valence-corrected chi connectivity index (χ4v) is 2.17. The number of nitrogens with zero attached hydrogens (tertiary/aromatic N) is 1. The molecule has 0 saturated carbocycles. The summed E-state index contributed by atoms with van der Waals surface area (Å²) in [5.41, 5.74) is 0. The van der Waals surface area contributed by atoms with Crippen LogP contribution in [-0.4, -0.2) is 43.7 Å². The molecule has 0 aromatic heterocycles. The monoisotopic (exact) mass is 169 g/mol. The lowest BCUT2D eigenvalue weighted by atomic mass is 10.1. The van der Waals surface area contributed by atoms with E-state index in [9.17, 15) is 4.79 Å². The summed E-state index contributed by atoms with van der Waals surface area (Å²) in [5.74, 6) is 0.697. The highest BCUT2D eigenvalue weighted by molar-refractivity contribution is 5.74. The van der Waals surface area contributed by atoms with Crippen LogP contribution in [0.4, 0.5) is 4.79 Å². The molecule has 0 aromatic carbocycles. The van der Waals surface area contributed by atoms with Gasteiger partial charge in [0, 0.05) is 26.2 Å². The zero-order valence-corrected chi connectivity index (χ0v) is 7.34. The summed E-state index contributed by atoms with van der Waals surface area (Å²) in [5, 5.41) is 6.06. The summed E-state index contributed by atoms with van der Waals surface area (Å²) in [4.78, 5) is 13.1. The van der Waals surface area contributed by atoms with Crippen molar-refractivity contribution in [1.29, 1.82) is 0 Å². The number of likely N-dealkylation sites (tertiary alicyclic amines) is 1. The molecule has 4 heteroatoms. The Balaban J connectivity index is 1.94. The molecule has 2 atom stereocenters. The Morgan fingerprint density at radius 1 is 1.58 bits per heavy atom. The third-order valence-electron chi connectivity index (χ3n) is 2.86. The van der Waals surface area contributed by atoms with Gasteiger partial charge in [0.2, 0.25) is 0 Å². The normalized spacial score (nSPS) is 33.6. The van der Waals surface area contributed by atoms with Gasteiger partial charge in [0.15, 0.2) is 0 Å². The highest BCUT2D eigenvalue weighted by Crippen LogP contribution is 2.24. The second-order valence-electron chi connectivity index (χ2n) is 3.57. The SMILES string of the molecule is CNC(=O)N1C[C@@H]2CCN[C@@H]2C1. The maximum atomic E-state index is 11.2. The van der Waals surface area contributed by atoms with Gasteiger partial charge in [-0.25, -0.2) is 4.79 Å². The average molecular weight is 169 g/mol. The predicted molar refractivity (Wildman–Crippen MR) is 45.9 cm³/mol. The van der Waals surface area contributed by atoms with Crippen LogP contribution in [0.1, 0.15) is 6.42 Å². The minimum absolute atomic E-state index is 0.0613. The van der Waals surface area contributed by atoms with E-state index in [1.54, 1.807) is 7.05 Å². The van der Waals surface area contributed by atoms with Crippen molar-refractivity contribution in [2.24, 2.45) is 5.92 Å². The Morgan fingerprint density at radius 3 is 3.08 bits per heavy atom. The van der Waals surface area contributed by atoms with Crippen LogP contribution in [-0.2, 0) is 0 Å². The molecule has 12 heavy (non-hydrogen) atoms. The van der Waals surface area contributed by atoms with E-state index in [4.69, 9.17) is 0 Å². The van der Waals surface area contributed by atoms with Crippen LogP contribution in [0.25, 0.3) is 0 Å². The lowest BCUT2D eigenvalue weighted by molar-refractivity contribution is 0.208. The second kappa shape index (κ2) is 2.94.